The minimum Gasteiger partial charge on any atom is -0.450 e. The molecule has 4 aromatic rings. The maximum atomic E-state index is 13.9. The van der Waals surface area contributed by atoms with Crippen LogP contribution < -0.4 is 10.3 Å². The molecule has 33 heavy (non-hydrogen) atoms. The third kappa shape index (κ3) is 3.35. The smallest absolute Gasteiger partial charge is 0.295 e. The van der Waals surface area contributed by atoms with Crippen molar-refractivity contribution in [1.82, 2.24) is 0 Å². The van der Waals surface area contributed by atoms with E-state index in [1.807, 2.05) is 31.2 Å². The lowest BCUT2D eigenvalue weighted by atomic mass is 9.97. The van der Waals surface area contributed by atoms with E-state index in [1.165, 1.54) is 24.0 Å². The molecule has 0 aliphatic carbocycles. The van der Waals surface area contributed by atoms with Gasteiger partial charge in [0.2, 0.25) is 5.76 Å². The van der Waals surface area contributed by atoms with Gasteiger partial charge in [0.05, 0.1) is 17.0 Å². The van der Waals surface area contributed by atoms with Crippen LogP contribution in [0.1, 0.15) is 57.5 Å². The van der Waals surface area contributed by atoms with Crippen molar-refractivity contribution in [2.75, 3.05) is 4.90 Å². The van der Waals surface area contributed by atoms with E-state index < -0.39 is 23.2 Å². The molecule has 0 spiro atoms. The summed E-state index contributed by atoms with van der Waals surface area (Å²) >= 11 is 0. The molecule has 1 atom stereocenters. The Morgan fingerprint density at radius 2 is 1.70 bits per heavy atom. The zero-order chi connectivity index (χ0) is 23.3. The standard InChI is InChI=1S/C27H20FNO4/c1-3-16-4-6-18(7-5-16)24-23-25(31)21-14-19(28)10-13-22(21)33-26(23)27(32)29(24)20-11-8-17(9-12-20)15(2)30/h4-14,24H,3H2,1-2H3. The lowest BCUT2D eigenvalue weighted by molar-refractivity contribution is 0.0970. The van der Waals surface area contributed by atoms with Crippen molar-refractivity contribution in [3.63, 3.8) is 0 Å². The van der Waals surface area contributed by atoms with E-state index in [4.69, 9.17) is 4.42 Å². The van der Waals surface area contributed by atoms with Crippen LogP contribution in [0.4, 0.5) is 10.1 Å². The summed E-state index contributed by atoms with van der Waals surface area (Å²) in [4.78, 5) is 40.2. The Kier molecular flexibility index (Phi) is 4.93. The predicted molar refractivity (Wildman–Crippen MR) is 123 cm³/mol. The molecule has 5 rings (SSSR count). The number of aryl methyl sites for hydroxylation is 1. The molecule has 5 nitrogen and oxygen atoms in total. The Bertz CT molecular complexity index is 1470. The van der Waals surface area contributed by atoms with Crippen LogP contribution >= 0.6 is 0 Å². The number of carbonyl (C=O) groups excluding carboxylic acids is 2. The molecule has 0 radical (unpaired) electrons. The first kappa shape index (κ1) is 20.8. The van der Waals surface area contributed by atoms with Gasteiger partial charge in [0.25, 0.3) is 5.91 Å². The molecule has 1 unspecified atom stereocenters. The molecule has 1 aliphatic heterocycles. The van der Waals surface area contributed by atoms with E-state index in [-0.39, 0.29) is 28.1 Å². The second-order valence-corrected chi connectivity index (χ2v) is 8.09. The number of hydrogen-bond acceptors (Lipinski definition) is 4. The largest absolute Gasteiger partial charge is 0.450 e. The lowest BCUT2D eigenvalue weighted by Crippen LogP contribution is -2.29. The van der Waals surface area contributed by atoms with E-state index in [2.05, 4.69) is 0 Å². The molecule has 3 aromatic carbocycles. The minimum atomic E-state index is -0.745. The Balaban J connectivity index is 1.76. The number of rotatable bonds is 4. The van der Waals surface area contributed by atoms with Gasteiger partial charge in [0.15, 0.2) is 11.2 Å². The van der Waals surface area contributed by atoms with Crippen LogP contribution in [0.25, 0.3) is 11.0 Å². The predicted octanol–water partition coefficient (Wildman–Crippen LogP) is 5.45. The van der Waals surface area contributed by atoms with Gasteiger partial charge in [0, 0.05) is 11.3 Å². The Labute approximate surface area is 189 Å². The van der Waals surface area contributed by atoms with Crippen LogP contribution in [0.15, 0.2) is 75.9 Å². The highest BCUT2D eigenvalue weighted by Gasteiger charge is 2.43. The third-order valence-electron chi connectivity index (χ3n) is 6.09. The van der Waals surface area contributed by atoms with Crippen LogP contribution in [0.5, 0.6) is 0 Å². The van der Waals surface area contributed by atoms with Gasteiger partial charge < -0.3 is 4.42 Å². The Hall–Kier alpha value is -4.06. The summed E-state index contributed by atoms with van der Waals surface area (Å²) in [7, 11) is 0. The summed E-state index contributed by atoms with van der Waals surface area (Å²) in [5.41, 5.74) is 2.79. The maximum absolute atomic E-state index is 13.9. The topological polar surface area (TPSA) is 67.6 Å². The van der Waals surface area contributed by atoms with Gasteiger partial charge in [0.1, 0.15) is 11.4 Å². The van der Waals surface area contributed by atoms with Crippen LogP contribution in [-0.4, -0.2) is 11.7 Å². The van der Waals surface area contributed by atoms with Gasteiger partial charge in [-0.15, -0.1) is 0 Å². The van der Waals surface area contributed by atoms with Crippen LogP contribution in [0, 0.1) is 5.82 Å². The fourth-order valence-corrected chi connectivity index (χ4v) is 4.32. The number of halogens is 1. The highest BCUT2D eigenvalue weighted by Crippen LogP contribution is 2.41. The number of amides is 1. The Morgan fingerprint density at radius 1 is 1.00 bits per heavy atom. The van der Waals surface area contributed by atoms with Crippen molar-refractivity contribution in [2.45, 2.75) is 26.3 Å². The first-order valence-electron chi connectivity index (χ1n) is 10.7. The van der Waals surface area contributed by atoms with Crippen LogP contribution in [0.3, 0.4) is 0 Å². The number of ketones is 1. The van der Waals surface area contributed by atoms with Gasteiger partial charge in [-0.2, -0.15) is 0 Å². The first-order chi connectivity index (χ1) is 15.9. The second kappa shape index (κ2) is 7.81. The van der Waals surface area contributed by atoms with E-state index in [0.717, 1.165) is 23.6 Å². The molecule has 0 saturated heterocycles. The van der Waals surface area contributed by atoms with E-state index in [0.29, 0.717) is 11.3 Å². The van der Waals surface area contributed by atoms with Gasteiger partial charge in [-0.1, -0.05) is 31.2 Å². The number of hydrogen-bond donors (Lipinski definition) is 0. The van der Waals surface area contributed by atoms with E-state index >= 15 is 0 Å². The number of carbonyl (C=O) groups is 2. The quantitative estimate of drug-likeness (QED) is 0.395. The van der Waals surface area contributed by atoms with E-state index in [1.54, 1.807) is 24.3 Å². The molecule has 1 aliphatic rings. The summed E-state index contributed by atoms with van der Waals surface area (Å²) in [6.07, 6.45) is 0.850. The SMILES string of the molecule is CCc1ccc(C2c3c(oc4ccc(F)cc4c3=O)C(=O)N2c2ccc(C(C)=O)cc2)cc1. The van der Waals surface area contributed by atoms with Crippen molar-refractivity contribution in [1.29, 1.82) is 0 Å². The summed E-state index contributed by atoms with van der Waals surface area (Å²) in [5, 5.41) is 0.0884. The van der Waals surface area contributed by atoms with Crippen molar-refractivity contribution in [2.24, 2.45) is 0 Å². The molecule has 1 aromatic heterocycles. The van der Waals surface area contributed by atoms with Gasteiger partial charge in [-0.25, -0.2) is 4.39 Å². The summed E-state index contributed by atoms with van der Waals surface area (Å²) in [6.45, 7) is 3.51. The van der Waals surface area contributed by atoms with Crippen molar-refractivity contribution in [3.05, 3.63) is 111 Å². The Morgan fingerprint density at radius 3 is 2.33 bits per heavy atom. The summed E-state index contributed by atoms with van der Waals surface area (Å²) in [6, 6.07) is 17.3. The number of Topliss-reactive ketones (excluding diaryl/α,β-unsaturated/α-hetero) is 1. The average molecular weight is 441 g/mol. The van der Waals surface area contributed by atoms with Crippen LogP contribution in [-0.2, 0) is 6.42 Å². The molecule has 164 valence electrons. The molecular weight excluding hydrogens is 421 g/mol. The number of benzene rings is 3. The van der Waals surface area contributed by atoms with Crippen molar-refractivity contribution < 1.29 is 18.4 Å². The zero-order valence-electron chi connectivity index (χ0n) is 18.1. The minimum absolute atomic E-state index is 0.0562. The average Bonchev–Trinajstić information content (AvgIpc) is 3.12. The normalized spacial score (nSPS) is 15.2. The van der Waals surface area contributed by atoms with Gasteiger partial charge >= 0.3 is 0 Å². The van der Waals surface area contributed by atoms with Gasteiger partial charge in [-0.3, -0.25) is 19.3 Å². The highest BCUT2D eigenvalue weighted by molar-refractivity contribution is 6.10. The fraction of sp³-hybridized carbons (Fsp3) is 0.148. The molecule has 0 saturated carbocycles. The molecule has 1 amide bonds. The zero-order valence-corrected chi connectivity index (χ0v) is 18.1. The van der Waals surface area contributed by atoms with Crippen LogP contribution in [0.2, 0.25) is 0 Å². The third-order valence-corrected chi connectivity index (χ3v) is 6.09. The van der Waals surface area contributed by atoms with Crippen molar-refractivity contribution >= 4 is 28.3 Å². The molecule has 6 heteroatoms. The first-order valence-corrected chi connectivity index (χ1v) is 10.7. The monoisotopic (exact) mass is 441 g/mol. The highest BCUT2D eigenvalue weighted by atomic mass is 19.1. The maximum Gasteiger partial charge on any atom is 0.295 e. The molecule has 2 heterocycles. The molecule has 0 N–H and O–H groups in total. The lowest BCUT2D eigenvalue weighted by Gasteiger charge is -2.25. The summed E-state index contributed by atoms with van der Waals surface area (Å²) < 4.78 is 19.8. The molecule has 0 bridgehead atoms. The number of fused-ring (bicyclic) bond motifs is 2. The van der Waals surface area contributed by atoms with Gasteiger partial charge in [-0.05, 0) is 66.9 Å². The number of nitrogens with zero attached hydrogens (tertiary/aromatic N) is 1. The summed E-state index contributed by atoms with van der Waals surface area (Å²) in [5.74, 6) is -1.17. The molecule has 0 fully saturated rings. The van der Waals surface area contributed by atoms with E-state index in [9.17, 15) is 18.8 Å². The molecular formula is C27H20FNO4. The fourth-order valence-electron chi connectivity index (χ4n) is 4.32. The second-order valence-electron chi connectivity index (χ2n) is 8.09. The number of anilines is 1. The van der Waals surface area contributed by atoms with Crippen molar-refractivity contribution in [3.8, 4) is 0 Å².